The predicted octanol–water partition coefficient (Wildman–Crippen LogP) is 2.14. The number of halogens is 4. The molecule has 0 amide bonds. The van der Waals surface area contributed by atoms with Crippen molar-refractivity contribution in [1.29, 1.82) is 0 Å². The van der Waals surface area contributed by atoms with E-state index < -0.39 is 45.5 Å². The molecular weight excluding hydrogens is 385 g/mol. The van der Waals surface area contributed by atoms with Crippen molar-refractivity contribution in [3.8, 4) is 0 Å². The van der Waals surface area contributed by atoms with Crippen LogP contribution in [0.5, 0.6) is 0 Å². The molecule has 0 aliphatic heterocycles. The van der Waals surface area contributed by atoms with Gasteiger partial charge in [-0.3, -0.25) is 0 Å². The van der Waals surface area contributed by atoms with Gasteiger partial charge in [0.2, 0.25) is 0 Å². The summed E-state index contributed by atoms with van der Waals surface area (Å²) in [5.74, 6) is -0.706. The molecule has 0 saturated heterocycles. The predicted molar refractivity (Wildman–Crippen MR) is 32.3 cm³/mol. The van der Waals surface area contributed by atoms with Crippen LogP contribution in [0.15, 0.2) is 0 Å². The van der Waals surface area contributed by atoms with Crippen molar-refractivity contribution in [2.75, 3.05) is 6.61 Å². The van der Waals surface area contributed by atoms with E-state index in [0.29, 0.717) is 0 Å². The fourth-order valence-corrected chi connectivity index (χ4v) is 4.25. The molecule has 0 aromatic carbocycles. The molecule has 68 valence electrons. The van der Waals surface area contributed by atoms with E-state index in [1.807, 2.05) is 0 Å². The maximum atomic E-state index is 12.0. The van der Waals surface area contributed by atoms with Crippen molar-refractivity contribution in [3.05, 3.63) is 0 Å². The standard InChI is InChI=1S/C5H6F3O2.ClH.Hg/c1-4(9)10-3-2-5(6,7)8;;/h2H,3H2,1H3;1H;/q;;+1/p-1. The van der Waals surface area contributed by atoms with Gasteiger partial charge in [0.1, 0.15) is 0 Å². The summed E-state index contributed by atoms with van der Waals surface area (Å²) in [5, 5.41) is 0. The van der Waals surface area contributed by atoms with E-state index in [1.54, 1.807) is 0 Å². The van der Waals surface area contributed by atoms with Crippen molar-refractivity contribution in [1.82, 2.24) is 0 Å². The van der Waals surface area contributed by atoms with Crippen molar-refractivity contribution in [3.63, 3.8) is 0 Å². The second-order valence-corrected chi connectivity index (χ2v) is 9.93. The third kappa shape index (κ3) is 5.19. The van der Waals surface area contributed by atoms with Gasteiger partial charge in [0.25, 0.3) is 0 Å². The number of ether oxygens (including phenoxy) is 1. The summed E-state index contributed by atoms with van der Waals surface area (Å²) in [7, 11) is 5.25. The van der Waals surface area contributed by atoms with Crippen LogP contribution < -0.4 is 0 Å². The van der Waals surface area contributed by atoms with Gasteiger partial charge in [-0.05, 0) is 0 Å². The molecule has 0 N–H and O–H groups in total. The minimum atomic E-state index is -4.31. The van der Waals surface area contributed by atoms with Gasteiger partial charge < -0.3 is 0 Å². The summed E-state index contributed by atoms with van der Waals surface area (Å²) in [6, 6.07) is 0. The molecule has 0 fully saturated rings. The molecule has 0 aliphatic rings. The second-order valence-electron chi connectivity index (χ2n) is 2.20. The number of hydrogen-bond acceptors (Lipinski definition) is 2. The molecule has 0 bridgehead atoms. The molecule has 0 saturated carbocycles. The van der Waals surface area contributed by atoms with Crippen LogP contribution in [0.3, 0.4) is 0 Å². The molecule has 12 heavy (non-hydrogen) atoms. The van der Waals surface area contributed by atoms with Gasteiger partial charge >= 0.3 is 83.4 Å². The number of carbonyl (C=O) groups is 1. The zero-order chi connectivity index (χ0) is 9.78. The fraction of sp³-hybridized carbons (Fsp3) is 0.800. The molecule has 0 aromatic rings. The Kier molecular flexibility index (Phi) is 5.48. The van der Waals surface area contributed by atoms with E-state index in [2.05, 4.69) is 4.74 Å². The molecule has 1 atom stereocenters. The molecule has 0 spiro atoms. The van der Waals surface area contributed by atoms with Crippen molar-refractivity contribution >= 4 is 14.2 Å². The fourth-order valence-electron chi connectivity index (χ4n) is 0.444. The SMILES string of the molecule is CC(=O)OC[CH]([Hg][Cl])C(F)(F)F. The topological polar surface area (TPSA) is 26.3 Å². The van der Waals surface area contributed by atoms with Crippen molar-refractivity contribution < 1.29 is 46.0 Å². The zero-order valence-corrected chi connectivity index (χ0v) is 12.6. The van der Waals surface area contributed by atoms with E-state index in [4.69, 9.17) is 8.25 Å². The normalized spacial score (nSPS) is 13.4. The second kappa shape index (κ2) is 5.27. The van der Waals surface area contributed by atoms with E-state index in [0.717, 1.165) is 6.92 Å². The summed E-state index contributed by atoms with van der Waals surface area (Å²) in [6.45, 7) is 0.461. The van der Waals surface area contributed by atoms with Crippen LogP contribution in [0.4, 0.5) is 13.2 Å². The van der Waals surface area contributed by atoms with Gasteiger partial charge in [0, 0.05) is 0 Å². The monoisotopic (exact) mass is 392 g/mol. The molecule has 2 nitrogen and oxygen atoms in total. The first-order valence-corrected chi connectivity index (χ1v) is 13.1. The number of hydrogen-bond donors (Lipinski definition) is 0. The number of carbonyl (C=O) groups excluding carboxylic acids is 1. The van der Waals surface area contributed by atoms with Gasteiger partial charge in [-0.1, -0.05) is 0 Å². The van der Waals surface area contributed by atoms with Gasteiger partial charge in [-0.2, -0.15) is 0 Å². The Labute approximate surface area is 83.3 Å². The summed E-state index contributed by atoms with van der Waals surface area (Å²) in [4.78, 5) is 10.2. The summed E-state index contributed by atoms with van der Waals surface area (Å²) < 4.78 is 38.5. The number of esters is 1. The molecule has 0 heterocycles. The Bertz CT molecular complexity index is 161. The van der Waals surface area contributed by atoms with Crippen LogP contribution in [-0.4, -0.2) is 18.8 Å². The van der Waals surface area contributed by atoms with E-state index in [-0.39, 0.29) is 0 Å². The van der Waals surface area contributed by atoms with Gasteiger partial charge in [-0.25, -0.2) is 0 Å². The van der Waals surface area contributed by atoms with Crippen LogP contribution in [0, 0.1) is 0 Å². The average molecular weight is 391 g/mol. The Morgan fingerprint density at radius 2 is 2.17 bits per heavy atom. The number of alkyl halides is 3. The number of rotatable bonds is 3. The molecule has 0 aromatic heterocycles. The van der Waals surface area contributed by atoms with E-state index in [9.17, 15) is 18.0 Å². The molecule has 0 rings (SSSR count). The first kappa shape index (κ1) is 12.5. The molecule has 0 aliphatic carbocycles. The van der Waals surface area contributed by atoms with Gasteiger partial charge in [-0.15, -0.1) is 0 Å². The maximum absolute atomic E-state index is 12.0. The van der Waals surface area contributed by atoms with Crippen molar-refractivity contribution in [2.45, 2.75) is 16.5 Å². The van der Waals surface area contributed by atoms with E-state index >= 15 is 0 Å². The molecule has 1 unspecified atom stereocenters. The van der Waals surface area contributed by atoms with Gasteiger partial charge in [0.05, 0.1) is 0 Å². The van der Waals surface area contributed by atoms with Gasteiger partial charge in [0.15, 0.2) is 0 Å². The molecule has 0 radical (unpaired) electrons. The molecular formula is C5H6ClF3HgO2. The summed E-state index contributed by atoms with van der Waals surface area (Å²) >= 11 is -2.44. The van der Waals surface area contributed by atoms with Crippen LogP contribution in [0.25, 0.3) is 0 Å². The van der Waals surface area contributed by atoms with Crippen LogP contribution in [0.2, 0.25) is 3.43 Å². The van der Waals surface area contributed by atoms with Crippen molar-refractivity contribution in [2.24, 2.45) is 0 Å². The zero-order valence-electron chi connectivity index (χ0n) is 6.32. The summed E-state index contributed by atoms with van der Waals surface area (Å²) in [5.41, 5.74) is 0. The average Bonchev–Trinajstić information content (AvgIpc) is 1.85. The quantitative estimate of drug-likeness (QED) is 0.545. The van der Waals surface area contributed by atoms with Crippen LogP contribution in [0.1, 0.15) is 6.92 Å². The minimum absolute atomic E-state index is 0.607. The Morgan fingerprint density at radius 3 is 2.42 bits per heavy atom. The van der Waals surface area contributed by atoms with Crippen LogP contribution >= 0.6 is 8.25 Å². The van der Waals surface area contributed by atoms with E-state index in [1.165, 1.54) is 0 Å². The first-order valence-electron chi connectivity index (χ1n) is 3.14. The summed E-state index contributed by atoms with van der Waals surface area (Å²) in [6.07, 6.45) is -4.31. The third-order valence-electron chi connectivity index (χ3n) is 1.14. The first-order chi connectivity index (χ1) is 5.38. The Morgan fingerprint density at radius 1 is 1.67 bits per heavy atom. The Balaban J connectivity index is 3.92. The third-order valence-corrected chi connectivity index (χ3v) is 8.57. The Hall–Kier alpha value is 0.485. The molecule has 7 heteroatoms. The van der Waals surface area contributed by atoms with Crippen LogP contribution in [-0.2, 0) is 32.9 Å².